The van der Waals surface area contributed by atoms with Crippen molar-refractivity contribution in [3.63, 3.8) is 0 Å². The first kappa shape index (κ1) is 11.9. The molecule has 1 unspecified atom stereocenters. The van der Waals surface area contributed by atoms with E-state index in [2.05, 4.69) is 14.5 Å². The number of halogens is 1. The number of rotatable bonds is 4. The smallest absolute Gasteiger partial charge is 0.105 e. The Hall–Kier alpha value is -0.580. The molecule has 1 fully saturated rings. The maximum atomic E-state index is 5.80. The topological polar surface area (TPSA) is 30.3 Å². The zero-order valence-electron chi connectivity index (χ0n) is 9.60. The molecule has 0 saturated carbocycles. The van der Waals surface area contributed by atoms with Crippen molar-refractivity contribution in [1.29, 1.82) is 0 Å². The van der Waals surface area contributed by atoms with E-state index in [4.69, 9.17) is 16.3 Å². The highest BCUT2D eigenvalue weighted by Gasteiger charge is 2.19. The quantitative estimate of drug-likeness (QED) is 0.743. The SMILES string of the molecule is Cc1nccn1CCN1CCOC(CCl)C1. The molecule has 1 saturated heterocycles. The molecule has 1 aromatic rings. The van der Waals surface area contributed by atoms with Crippen LogP contribution in [0.25, 0.3) is 0 Å². The van der Waals surface area contributed by atoms with Crippen molar-refractivity contribution in [2.24, 2.45) is 0 Å². The Labute approximate surface area is 101 Å². The summed E-state index contributed by atoms with van der Waals surface area (Å²) in [5, 5.41) is 0. The van der Waals surface area contributed by atoms with Gasteiger partial charge in [-0.3, -0.25) is 4.90 Å². The standard InChI is InChI=1S/C11H18ClN3O/c1-10-13-2-3-15(10)5-4-14-6-7-16-11(8-12)9-14/h2-3,11H,4-9H2,1H3. The molecule has 16 heavy (non-hydrogen) atoms. The van der Waals surface area contributed by atoms with Gasteiger partial charge in [0.1, 0.15) is 5.82 Å². The second-order valence-corrected chi connectivity index (χ2v) is 4.42. The van der Waals surface area contributed by atoms with Crippen molar-refractivity contribution in [2.45, 2.75) is 19.6 Å². The number of hydrogen-bond donors (Lipinski definition) is 0. The number of aromatic nitrogens is 2. The van der Waals surface area contributed by atoms with E-state index in [9.17, 15) is 0 Å². The molecule has 0 N–H and O–H groups in total. The number of aryl methyl sites for hydroxylation is 1. The van der Waals surface area contributed by atoms with E-state index < -0.39 is 0 Å². The highest BCUT2D eigenvalue weighted by atomic mass is 35.5. The molecule has 5 heteroatoms. The Morgan fingerprint density at radius 1 is 1.56 bits per heavy atom. The summed E-state index contributed by atoms with van der Waals surface area (Å²) in [6.45, 7) is 6.79. The average Bonchev–Trinajstić information content (AvgIpc) is 2.72. The van der Waals surface area contributed by atoms with Gasteiger partial charge in [-0.05, 0) is 6.92 Å². The van der Waals surface area contributed by atoms with Crippen molar-refractivity contribution in [1.82, 2.24) is 14.5 Å². The molecule has 0 amide bonds. The number of morpholine rings is 1. The first-order valence-corrected chi connectivity index (χ1v) is 6.20. The molecule has 4 nitrogen and oxygen atoms in total. The third-order valence-electron chi connectivity index (χ3n) is 2.98. The highest BCUT2D eigenvalue weighted by Crippen LogP contribution is 2.07. The molecule has 1 atom stereocenters. The summed E-state index contributed by atoms with van der Waals surface area (Å²) >= 11 is 5.80. The fourth-order valence-electron chi connectivity index (χ4n) is 1.97. The summed E-state index contributed by atoms with van der Waals surface area (Å²) in [4.78, 5) is 6.61. The van der Waals surface area contributed by atoms with Gasteiger partial charge in [-0.1, -0.05) is 0 Å². The molecule has 0 bridgehead atoms. The van der Waals surface area contributed by atoms with Gasteiger partial charge in [-0.25, -0.2) is 4.98 Å². The Bertz CT molecular complexity index is 329. The van der Waals surface area contributed by atoms with Crippen LogP contribution in [0.3, 0.4) is 0 Å². The van der Waals surface area contributed by atoms with Gasteiger partial charge in [0.05, 0.1) is 12.7 Å². The normalized spacial score (nSPS) is 22.5. The number of nitrogens with zero attached hydrogens (tertiary/aromatic N) is 3. The van der Waals surface area contributed by atoms with Gasteiger partial charge in [-0.15, -0.1) is 11.6 Å². The number of hydrogen-bond acceptors (Lipinski definition) is 3. The Kier molecular flexibility index (Phi) is 4.21. The second kappa shape index (κ2) is 5.66. The van der Waals surface area contributed by atoms with E-state index in [0.29, 0.717) is 5.88 Å². The lowest BCUT2D eigenvalue weighted by atomic mass is 10.3. The molecule has 1 aliphatic rings. The predicted octanol–water partition coefficient (Wildman–Crippen LogP) is 1.13. The van der Waals surface area contributed by atoms with E-state index >= 15 is 0 Å². The third kappa shape index (κ3) is 2.97. The molecular formula is C11H18ClN3O. The van der Waals surface area contributed by atoms with Crippen molar-refractivity contribution < 1.29 is 4.74 Å². The van der Waals surface area contributed by atoms with Gasteiger partial charge in [0.2, 0.25) is 0 Å². The first-order chi connectivity index (χ1) is 7.79. The van der Waals surface area contributed by atoms with Crippen LogP contribution in [0.2, 0.25) is 0 Å². The lowest BCUT2D eigenvalue weighted by Gasteiger charge is -2.32. The summed E-state index contributed by atoms with van der Waals surface area (Å²) in [6, 6.07) is 0. The Balaban J connectivity index is 1.79. The van der Waals surface area contributed by atoms with Gasteiger partial charge in [0, 0.05) is 44.5 Å². The zero-order chi connectivity index (χ0) is 11.4. The molecule has 0 radical (unpaired) electrons. The molecule has 1 aliphatic heterocycles. The second-order valence-electron chi connectivity index (χ2n) is 4.12. The lowest BCUT2D eigenvalue weighted by molar-refractivity contribution is -0.0173. The molecule has 2 heterocycles. The van der Waals surface area contributed by atoms with Crippen molar-refractivity contribution in [3.8, 4) is 0 Å². The molecule has 90 valence electrons. The minimum absolute atomic E-state index is 0.194. The maximum absolute atomic E-state index is 5.80. The number of imidazole rings is 1. The van der Waals surface area contributed by atoms with Crippen LogP contribution < -0.4 is 0 Å². The van der Waals surface area contributed by atoms with Gasteiger partial charge in [0.25, 0.3) is 0 Å². The van der Waals surface area contributed by atoms with Crippen LogP contribution >= 0.6 is 11.6 Å². The first-order valence-electron chi connectivity index (χ1n) is 5.67. The molecule has 0 aliphatic carbocycles. The molecule has 1 aromatic heterocycles. The summed E-state index contributed by atoms with van der Waals surface area (Å²) < 4.78 is 7.70. The molecule has 0 aromatic carbocycles. The van der Waals surface area contributed by atoms with E-state index in [1.54, 1.807) is 0 Å². The Morgan fingerprint density at radius 3 is 3.12 bits per heavy atom. The minimum atomic E-state index is 0.194. The minimum Gasteiger partial charge on any atom is -0.374 e. The van der Waals surface area contributed by atoms with Crippen molar-refractivity contribution in [3.05, 3.63) is 18.2 Å². The van der Waals surface area contributed by atoms with Crippen molar-refractivity contribution in [2.75, 3.05) is 32.1 Å². The third-order valence-corrected chi connectivity index (χ3v) is 3.32. The number of ether oxygens (including phenoxy) is 1. The van der Waals surface area contributed by atoms with E-state index in [0.717, 1.165) is 38.6 Å². The summed E-state index contributed by atoms with van der Waals surface area (Å²) in [7, 11) is 0. The van der Waals surface area contributed by atoms with Crippen LogP contribution in [0.15, 0.2) is 12.4 Å². The van der Waals surface area contributed by atoms with Crippen molar-refractivity contribution >= 4 is 11.6 Å². The Morgan fingerprint density at radius 2 is 2.44 bits per heavy atom. The van der Waals surface area contributed by atoms with Gasteiger partial charge >= 0.3 is 0 Å². The van der Waals surface area contributed by atoms with E-state index in [1.165, 1.54) is 0 Å². The zero-order valence-corrected chi connectivity index (χ0v) is 10.4. The van der Waals surface area contributed by atoms with Crippen LogP contribution in [0.5, 0.6) is 0 Å². The largest absolute Gasteiger partial charge is 0.374 e. The monoisotopic (exact) mass is 243 g/mol. The van der Waals surface area contributed by atoms with Crippen LogP contribution in [0.4, 0.5) is 0 Å². The lowest BCUT2D eigenvalue weighted by Crippen LogP contribution is -2.44. The molecule has 2 rings (SSSR count). The van der Waals surface area contributed by atoms with Crippen LogP contribution in [-0.2, 0) is 11.3 Å². The van der Waals surface area contributed by atoms with Gasteiger partial charge < -0.3 is 9.30 Å². The van der Waals surface area contributed by atoms with Gasteiger partial charge in [-0.2, -0.15) is 0 Å². The van der Waals surface area contributed by atoms with Gasteiger partial charge in [0.15, 0.2) is 0 Å². The predicted molar refractivity (Wildman–Crippen MR) is 63.9 cm³/mol. The number of alkyl halides is 1. The highest BCUT2D eigenvalue weighted by molar-refractivity contribution is 6.18. The van der Waals surface area contributed by atoms with Crippen LogP contribution in [0, 0.1) is 6.92 Å². The average molecular weight is 244 g/mol. The van der Waals surface area contributed by atoms with Crippen LogP contribution in [-0.4, -0.2) is 52.7 Å². The van der Waals surface area contributed by atoms with Crippen LogP contribution in [0.1, 0.15) is 5.82 Å². The fourth-order valence-corrected chi connectivity index (χ4v) is 2.15. The summed E-state index contributed by atoms with van der Waals surface area (Å²) in [6.07, 6.45) is 4.06. The molecule has 0 spiro atoms. The van der Waals surface area contributed by atoms with E-state index in [1.807, 2.05) is 19.3 Å². The fraction of sp³-hybridized carbons (Fsp3) is 0.727. The summed E-state index contributed by atoms with van der Waals surface area (Å²) in [5.41, 5.74) is 0. The van der Waals surface area contributed by atoms with E-state index in [-0.39, 0.29) is 6.10 Å². The maximum Gasteiger partial charge on any atom is 0.105 e. The summed E-state index contributed by atoms with van der Waals surface area (Å²) in [5.74, 6) is 1.66. The molecular weight excluding hydrogens is 226 g/mol.